The van der Waals surface area contributed by atoms with Crippen LogP contribution in [0.25, 0.3) is 0 Å². The lowest BCUT2D eigenvalue weighted by atomic mass is 10.1. The van der Waals surface area contributed by atoms with Crippen molar-refractivity contribution in [3.63, 3.8) is 0 Å². The molecule has 0 aliphatic carbocycles. The van der Waals surface area contributed by atoms with E-state index in [9.17, 15) is 4.79 Å². The molecule has 2 rings (SSSR count). The molecule has 0 bridgehead atoms. The fraction of sp³-hybridized carbons (Fsp3) is 0.538. The topological polar surface area (TPSA) is 45.2 Å². The first kappa shape index (κ1) is 13.5. The quantitative estimate of drug-likeness (QED) is 0.869. The normalized spacial score (nSPS) is 20.7. The van der Waals surface area contributed by atoms with Crippen molar-refractivity contribution in [3.05, 3.63) is 28.5 Å². The predicted molar refractivity (Wildman–Crippen MR) is 74.5 cm³/mol. The zero-order chi connectivity index (χ0) is 13.0. The number of nitrogens with one attached hydrogen (secondary N) is 1. The fourth-order valence-corrected chi connectivity index (χ4v) is 2.47. The third kappa shape index (κ3) is 3.53. The van der Waals surface area contributed by atoms with E-state index < -0.39 is 0 Å². The number of piperidine rings is 1. The predicted octanol–water partition coefficient (Wildman–Crippen LogP) is 2.06. The third-order valence-corrected chi connectivity index (χ3v) is 3.75. The number of likely N-dealkylation sites (N-methyl/N-ethyl adjacent to an activating group) is 1. The molecule has 1 unspecified atom stereocenters. The average Bonchev–Trinajstić information content (AvgIpc) is 2.39. The molecule has 0 saturated carbocycles. The zero-order valence-electron chi connectivity index (χ0n) is 10.5. The van der Waals surface area contributed by atoms with Crippen molar-refractivity contribution < 1.29 is 4.79 Å². The van der Waals surface area contributed by atoms with Gasteiger partial charge in [-0.15, -0.1) is 0 Å². The Morgan fingerprint density at radius 1 is 1.61 bits per heavy atom. The van der Waals surface area contributed by atoms with Crippen LogP contribution < -0.4 is 5.32 Å². The van der Waals surface area contributed by atoms with Gasteiger partial charge in [0.05, 0.1) is 5.56 Å². The Kier molecular flexibility index (Phi) is 4.72. The highest BCUT2D eigenvalue weighted by Crippen LogP contribution is 2.11. The van der Waals surface area contributed by atoms with Gasteiger partial charge in [-0.2, -0.15) is 0 Å². The van der Waals surface area contributed by atoms with Crippen LogP contribution in [0.5, 0.6) is 0 Å². The highest BCUT2D eigenvalue weighted by atomic mass is 79.9. The van der Waals surface area contributed by atoms with Gasteiger partial charge in [0.15, 0.2) is 0 Å². The van der Waals surface area contributed by atoms with Crippen molar-refractivity contribution in [1.29, 1.82) is 0 Å². The van der Waals surface area contributed by atoms with Crippen LogP contribution in [0.4, 0.5) is 0 Å². The summed E-state index contributed by atoms with van der Waals surface area (Å²) in [6, 6.07) is 3.83. The van der Waals surface area contributed by atoms with Crippen molar-refractivity contribution in [2.75, 3.05) is 19.6 Å². The molecule has 98 valence electrons. The Bertz CT molecular complexity index is 407. The van der Waals surface area contributed by atoms with Crippen LogP contribution in [0.2, 0.25) is 0 Å². The summed E-state index contributed by atoms with van der Waals surface area (Å²) in [5, 5.41) is 3.08. The first-order valence-corrected chi connectivity index (χ1v) is 7.13. The van der Waals surface area contributed by atoms with Crippen LogP contribution in [0.15, 0.2) is 22.9 Å². The number of rotatable bonds is 3. The zero-order valence-corrected chi connectivity index (χ0v) is 12.1. The molecule has 4 nitrogen and oxygen atoms in total. The number of hydrogen-bond donors (Lipinski definition) is 1. The van der Waals surface area contributed by atoms with Gasteiger partial charge in [0.1, 0.15) is 4.60 Å². The number of aromatic nitrogens is 1. The Balaban J connectivity index is 1.92. The Morgan fingerprint density at radius 2 is 2.44 bits per heavy atom. The minimum Gasteiger partial charge on any atom is -0.348 e. The van der Waals surface area contributed by atoms with Gasteiger partial charge in [0.2, 0.25) is 0 Å². The lowest BCUT2D eigenvalue weighted by molar-refractivity contribution is 0.0905. The second-order valence-corrected chi connectivity index (χ2v) is 5.39. The minimum absolute atomic E-state index is 0.0297. The minimum atomic E-state index is -0.0297. The van der Waals surface area contributed by atoms with Crippen molar-refractivity contribution in [2.45, 2.75) is 25.8 Å². The van der Waals surface area contributed by atoms with Crippen molar-refractivity contribution >= 4 is 21.8 Å². The average molecular weight is 312 g/mol. The molecule has 1 aromatic heterocycles. The van der Waals surface area contributed by atoms with E-state index in [0.717, 1.165) is 37.1 Å². The number of halogens is 1. The monoisotopic (exact) mass is 311 g/mol. The van der Waals surface area contributed by atoms with E-state index in [1.807, 2.05) is 0 Å². The van der Waals surface area contributed by atoms with E-state index in [-0.39, 0.29) is 11.9 Å². The molecule has 1 aliphatic rings. The van der Waals surface area contributed by atoms with Gasteiger partial charge in [-0.05, 0) is 54.0 Å². The first-order chi connectivity index (χ1) is 8.69. The lowest BCUT2D eigenvalue weighted by Crippen LogP contribution is -2.47. The van der Waals surface area contributed by atoms with Crippen LogP contribution in [0.1, 0.15) is 30.1 Å². The van der Waals surface area contributed by atoms with Gasteiger partial charge in [0.25, 0.3) is 5.91 Å². The molecule has 1 N–H and O–H groups in total. The van der Waals surface area contributed by atoms with Gasteiger partial charge in [-0.25, -0.2) is 4.98 Å². The fourth-order valence-electron chi connectivity index (χ4n) is 2.24. The van der Waals surface area contributed by atoms with Gasteiger partial charge < -0.3 is 10.2 Å². The number of amides is 1. The van der Waals surface area contributed by atoms with Crippen LogP contribution in [-0.4, -0.2) is 41.5 Å². The summed E-state index contributed by atoms with van der Waals surface area (Å²) in [6.07, 6.45) is 3.81. The number of pyridine rings is 1. The first-order valence-electron chi connectivity index (χ1n) is 6.34. The molecular formula is C13H18BrN3O. The largest absolute Gasteiger partial charge is 0.348 e. The summed E-state index contributed by atoms with van der Waals surface area (Å²) >= 11 is 3.26. The number of likely N-dealkylation sites (tertiary alicyclic amines) is 1. The van der Waals surface area contributed by atoms with E-state index in [0.29, 0.717) is 5.56 Å². The second-order valence-electron chi connectivity index (χ2n) is 4.58. The maximum atomic E-state index is 12.0. The van der Waals surface area contributed by atoms with E-state index in [1.54, 1.807) is 18.3 Å². The Hall–Kier alpha value is -0.940. The number of carbonyl (C=O) groups excluding carboxylic acids is 1. The Morgan fingerprint density at radius 3 is 3.11 bits per heavy atom. The SMILES string of the molecule is CCN1CCCC(NC(=O)c2ccc(Br)nc2)C1. The van der Waals surface area contributed by atoms with Gasteiger partial charge in [-0.3, -0.25) is 4.79 Å². The molecule has 0 spiro atoms. The number of hydrogen-bond acceptors (Lipinski definition) is 3. The number of nitrogens with zero attached hydrogens (tertiary/aromatic N) is 2. The van der Waals surface area contributed by atoms with E-state index in [2.05, 4.69) is 38.1 Å². The molecule has 5 heteroatoms. The van der Waals surface area contributed by atoms with Gasteiger partial charge >= 0.3 is 0 Å². The maximum Gasteiger partial charge on any atom is 0.253 e. The standard InChI is InChI=1S/C13H18BrN3O/c1-2-17-7-3-4-11(9-17)16-13(18)10-5-6-12(14)15-8-10/h5-6,8,11H,2-4,7,9H2,1H3,(H,16,18). The molecule has 1 atom stereocenters. The molecular weight excluding hydrogens is 294 g/mol. The van der Waals surface area contributed by atoms with Crippen molar-refractivity contribution in [2.24, 2.45) is 0 Å². The molecule has 1 amide bonds. The van der Waals surface area contributed by atoms with Crippen LogP contribution in [-0.2, 0) is 0 Å². The highest BCUT2D eigenvalue weighted by molar-refractivity contribution is 9.10. The van der Waals surface area contributed by atoms with Crippen LogP contribution >= 0.6 is 15.9 Å². The van der Waals surface area contributed by atoms with Gasteiger partial charge in [0, 0.05) is 18.8 Å². The van der Waals surface area contributed by atoms with Crippen molar-refractivity contribution in [1.82, 2.24) is 15.2 Å². The van der Waals surface area contributed by atoms with E-state index in [1.165, 1.54) is 0 Å². The highest BCUT2D eigenvalue weighted by Gasteiger charge is 2.20. The van der Waals surface area contributed by atoms with Gasteiger partial charge in [-0.1, -0.05) is 6.92 Å². The van der Waals surface area contributed by atoms with Crippen LogP contribution in [0, 0.1) is 0 Å². The summed E-state index contributed by atoms with van der Waals surface area (Å²) in [5.74, 6) is -0.0297. The molecule has 0 radical (unpaired) electrons. The summed E-state index contributed by atoms with van der Waals surface area (Å²) in [5.41, 5.74) is 0.617. The molecule has 2 heterocycles. The molecule has 1 saturated heterocycles. The summed E-state index contributed by atoms with van der Waals surface area (Å²) in [4.78, 5) is 18.5. The lowest BCUT2D eigenvalue weighted by Gasteiger charge is -2.32. The molecule has 1 fully saturated rings. The molecule has 1 aromatic rings. The molecule has 1 aliphatic heterocycles. The summed E-state index contributed by atoms with van der Waals surface area (Å²) in [6.45, 7) is 5.30. The molecule has 0 aromatic carbocycles. The summed E-state index contributed by atoms with van der Waals surface area (Å²) in [7, 11) is 0. The summed E-state index contributed by atoms with van der Waals surface area (Å²) < 4.78 is 0.744. The maximum absolute atomic E-state index is 12.0. The van der Waals surface area contributed by atoms with Crippen LogP contribution in [0.3, 0.4) is 0 Å². The Labute approximate surface area is 116 Å². The second kappa shape index (κ2) is 6.29. The smallest absolute Gasteiger partial charge is 0.253 e. The van der Waals surface area contributed by atoms with E-state index in [4.69, 9.17) is 0 Å². The van der Waals surface area contributed by atoms with E-state index >= 15 is 0 Å². The number of carbonyl (C=O) groups is 1. The molecule has 18 heavy (non-hydrogen) atoms. The third-order valence-electron chi connectivity index (χ3n) is 3.28. The van der Waals surface area contributed by atoms with Crippen molar-refractivity contribution in [3.8, 4) is 0 Å².